The summed E-state index contributed by atoms with van der Waals surface area (Å²) in [4.78, 5) is 12.8. The van der Waals surface area contributed by atoms with E-state index in [1.54, 1.807) is 6.20 Å². The van der Waals surface area contributed by atoms with Crippen LogP contribution in [-0.2, 0) is 13.0 Å². The molecule has 4 aromatic rings. The van der Waals surface area contributed by atoms with Gasteiger partial charge in [0, 0.05) is 18.4 Å². The average molecular weight is 280 g/mol. The molecule has 0 aliphatic rings. The predicted molar refractivity (Wildman–Crippen MR) is 77.4 cm³/mol. The largest absolute Gasteiger partial charge is 0.369 e. The molecule has 0 fully saturated rings. The van der Waals surface area contributed by atoms with E-state index in [9.17, 15) is 0 Å². The van der Waals surface area contributed by atoms with Gasteiger partial charge in [-0.25, -0.2) is 4.98 Å². The number of benzene rings is 1. The summed E-state index contributed by atoms with van der Waals surface area (Å²) >= 11 is 0. The zero-order valence-corrected chi connectivity index (χ0v) is 11.1. The average Bonchev–Trinajstić information content (AvgIpc) is 3.12. The van der Waals surface area contributed by atoms with Gasteiger partial charge in [-0.15, -0.1) is 0 Å². The minimum absolute atomic E-state index is 0.461. The Morgan fingerprint density at radius 3 is 2.90 bits per heavy atom. The SMILES string of the molecule is Nc1nc2cnc3ccccc3c2n1CCc1ncno1. The van der Waals surface area contributed by atoms with E-state index in [0.29, 0.717) is 24.8 Å². The van der Waals surface area contributed by atoms with Crippen molar-refractivity contribution < 1.29 is 4.52 Å². The van der Waals surface area contributed by atoms with E-state index in [0.717, 1.165) is 21.9 Å². The third-order valence-corrected chi connectivity index (χ3v) is 3.47. The maximum absolute atomic E-state index is 6.04. The van der Waals surface area contributed by atoms with E-state index in [-0.39, 0.29) is 0 Å². The second-order valence-corrected chi connectivity index (χ2v) is 4.72. The Balaban J connectivity index is 1.86. The Kier molecular flexibility index (Phi) is 2.56. The van der Waals surface area contributed by atoms with Gasteiger partial charge in [0.05, 0.1) is 17.2 Å². The van der Waals surface area contributed by atoms with Gasteiger partial charge >= 0.3 is 0 Å². The topological polar surface area (TPSA) is 95.7 Å². The maximum Gasteiger partial charge on any atom is 0.228 e. The Hall–Kier alpha value is -2.96. The highest BCUT2D eigenvalue weighted by atomic mass is 16.5. The van der Waals surface area contributed by atoms with Gasteiger partial charge < -0.3 is 14.8 Å². The summed E-state index contributed by atoms with van der Waals surface area (Å²) in [5, 5.41) is 4.64. The highest BCUT2D eigenvalue weighted by molar-refractivity contribution is 6.02. The number of nitrogens with zero attached hydrogens (tertiary/aromatic N) is 5. The summed E-state index contributed by atoms with van der Waals surface area (Å²) in [5.41, 5.74) is 8.73. The number of rotatable bonds is 3. The van der Waals surface area contributed by atoms with Crippen LogP contribution in [0, 0.1) is 0 Å². The summed E-state index contributed by atoms with van der Waals surface area (Å²) < 4.78 is 6.99. The number of pyridine rings is 1. The first kappa shape index (κ1) is 11.8. The normalized spacial score (nSPS) is 11.4. The first-order chi connectivity index (χ1) is 10.3. The lowest BCUT2D eigenvalue weighted by Gasteiger charge is -2.06. The van der Waals surface area contributed by atoms with Crippen molar-refractivity contribution >= 4 is 27.9 Å². The van der Waals surface area contributed by atoms with Crippen molar-refractivity contribution in [2.75, 3.05) is 5.73 Å². The van der Waals surface area contributed by atoms with Crippen LogP contribution < -0.4 is 5.73 Å². The van der Waals surface area contributed by atoms with Crippen molar-refractivity contribution in [2.45, 2.75) is 13.0 Å². The molecule has 3 aromatic heterocycles. The molecular formula is C14H12N6O. The molecule has 0 radical (unpaired) electrons. The molecule has 7 heteroatoms. The van der Waals surface area contributed by atoms with E-state index >= 15 is 0 Å². The summed E-state index contributed by atoms with van der Waals surface area (Å²) in [6, 6.07) is 7.94. The Labute approximate surface area is 119 Å². The number of hydrogen-bond donors (Lipinski definition) is 1. The molecule has 2 N–H and O–H groups in total. The number of anilines is 1. The van der Waals surface area contributed by atoms with E-state index in [2.05, 4.69) is 20.1 Å². The van der Waals surface area contributed by atoms with Crippen LogP contribution in [0.1, 0.15) is 5.89 Å². The fraction of sp³-hybridized carbons (Fsp3) is 0.143. The van der Waals surface area contributed by atoms with Crippen molar-refractivity contribution in [3.63, 3.8) is 0 Å². The number of aryl methyl sites for hydroxylation is 2. The lowest BCUT2D eigenvalue weighted by molar-refractivity contribution is 0.372. The van der Waals surface area contributed by atoms with Crippen molar-refractivity contribution in [1.29, 1.82) is 0 Å². The Morgan fingerprint density at radius 2 is 2.05 bits per heavy atom. The molecule has 0 saturated heterocycles. The minimum atomic E-state index is 0.461. The van der Waals surface area contributed by atoms with Crippen LogP contribution in [0.25, 0.3) is 21.9 Å². The highest BCUT2D eigenvalue weighted by Gasteiger charge is 2.13. The molecule has 0 unspecified atom stereocenters. The standard InChI is InChI=1S/C14H12N6O/c15-14-19-11-7-16-10-4-2-1-3-9(10)13(11)20(14)6-5-12-17-8-18-21-12/h1-4,7-8H,5-6H2,(H2,15,19). The number of imidazole rings is 1. The second-order valence-electron chi connectivity index (χ2n) is 4.72. The van der Waals surface area contributed by atoms with E-state index in [4.69, 9.17) is 10.3 Å². The van der Waals surface area contributed by atoms with Gasteiger partial charge in [0.2, 0.25) is 11.8 Å². The first-order valence-corrected chi connectivity index (χ1v) is 6.58. The lowest BCUT2D eigenvalue weighted by Crippen LogP contribution is -2.06. The number of para-hydroxylation sites is 1. The van der Waals surface area contributed by atoms with E-state index in [1.165, 1.54) is 6.33 Å². The monoisotopic (exact) mass is 280 g/mol. The summed E-state index contributed by atoms with van der Waals surface area (Å²) in [7, 11) is 0. The molecule has 1 aromatic carbocycles. The van der Waals surface area contributed by atoms with Gasteiger partial charge in [0.1, 0.15) is 5.52 Å². The van der Waals surface area contributed by atoms with Gasteiger partial charge in [0.15, 0.2) is 6.33 Å². The minimum Gasteiger partial charge on any atom is -0.369 e. The summed E-state index contributed by atoms with van der Waals surface area (Å²) in [6.45, 7) is 0.624. The maximum atomic E-state index is 6.04. The van der Waals surface area contributed by atoms with Crippen molar-refractivity contribution in [1.82, 2.24) is 24.7 Å². The van der Waals surface area contributed by atoms with Gasteiger partial charge in [-0.3, -0.25) is 4.98 Å². The van der Waals surface area contributed by atoms with Gasteiger partial charge in [0.25, 0.3) is 0 Å². The summed E-state index contributed by atoms with van der Waals surface area (Å²) in [6.07, 6.45) is 3.74. The van der Waals surface area contributed by atoms with Gasteiger partial charge in [-0.2, -0.15) is 4.98 Å². The molecule has 0 saturated carbocycles. The zero-order chi connectivity index (χ0) is 14.2. The van der Waals surface area contributed by atoms with Crippen LogP contribution >= 0.6 is 0 Å². The molecule has 0 spiro atoms. The van der Waals surface area contributed by atoms with Gasteiger partial charge in [-0.1, -0.05) is 23.4 Å². The molecule has 3 heterocycles. The molecule has 0 bridgehead atoms. The first-order valence-electron chi connectivity index (χ1n) is 6.58. The van der Waals surface area contributed by atoms with Crippen LogP contribution in [0.15, 0.2) is 41.3 Å². The van der Waals surface area contributed by atoms with E-state index < -0.39 is 0 Å². The number of nitrogen functional groups attached to an aromatic ring is 1. The highest BCUT2D eigenvalue weighted by Crippen LogP contribution is 2.25. The van der Waals surface area contributed by atoms with Crippen molar-refractivity contribution in [3.8, 4) is 0 Å². The van der Waals surface area contributed by atoms with Crippen LogP contribution in [0.4, 0.5) is 5.95 Å². The smallest absolute Gasteiger partial charge is 0.228 e. The fourth-order valence-electron chi connectivity index (χ4n) is 2.52. The third-order valence-electron chi connectivity index (χ3n) is 3.47. The third kappa shape index (κ3) is 1.90. The molecule has 104 valence electrons. The van der Waals surface area contributed by atoms with Crippen LogP contribution in [0.5, 0.6) is 0 Å². The molecule has 0 amide bonds. The van der Waals surface area contributed by atoms with Crippen molar-refractivity contribution in [3.05, 3.63) is 42.7 Å². The predicted octanol–water partition coefficient (Wildman–Crippen LogP) is 1.79. The molecular weight excluding hydrogens is 268 g/mol. The molecule has 21 heavy (non-hydrogen) atoms. The lowest BCUT2D eigenvalue weighted by atomic mass is 10.2. The Morgan fingerprint density at radius 1 is 1.14 bits per heavy atom. The fourth-order valence-corrected chi connectivity index (χ4v) is 2.52. The Bertz CT molecular complexity index is 912. The van der Waals surface area contributed by atoms with E-state index in [1.807, 2.05) is 28.8 Å². The second kappa shape index (κ2) is 4.55. The number of nitrogens with two attached hydrogens (primary N) is 1. The number of hydrogen-bond acceptors (Lipinski definition) is 6. The summed E-state index contributed by atoms with van der Waals surface area (Å²) in [5.74, 6) is 1.04. The van der Waals surface area contributed by atoms with Gasteiger partial charge in [-0.05, 0) is 6.07 Å². The number of fused-ring (bicyclic) bond motifs is 3. The molecule has 0 atom stereocenters. The quantitative estimate of drug-likeness (QED) is 0.614. The molecule has 0 aliphatic heterocycles. The van der Waals surface area contributed by atoms with Crippen molar-refractivity contribution in [2.24, 2.45) is 0 Å². The molecule has 4 rings (SSSR count). The van der Waals surface area contributed by atoms with Crippen LogP contribution in [0.3, 0.4) is 0 Å². The molecule has 7 nitrogen and oxygen atoms in total. The molecule has 0 aliphatic carbocycles. The van der Waals surface area contributed by atoms with Crippen LogP contribution in [0.2, 0.25) is 0 Å². The van der Waals surface area contributed by atoms with Crippen LogP contribution in [-0.4, -0.2) is 24.7 Å². The zero-order valence-electron chi connectivity index (χ0n) is 11.1. The number of aromatic nitrogens is 5.